The molecule has 0 radical (unpaired) electrons. The van der Waals surface area contributed by atoms with Crippen molar-refractivity contribution < 1.29 is 9.59 Å². The maximum absolute atomic E-state index is 12.1. The molecule has 0 saturated carbocycles. The number of halogens is 1. The number of carbonyl (C=O) groups is 2. The van der Waals surface area contributed by atoms with Gasteiger partial charge >= 0.3 is 0 Å². The molecule has 4 nitrogen and oxygen atoms in total. The summed E-state index contributed by atoms with van der Waals surface area (Å²) in [6.45, 7) is 4.40. The highest BCUT2D eigenvalue weighted by Crippen LogP contribution is 2.14. The Labute approximate surface area is 134 Å². The van der Waals surface area contributed by atoms with Crippen molar-refractivity contribution in [3.63, 3.8) is 0 Å². The highest BCUT2D eigenvalue weighted by molar-refractivity contribution is 9.10. The molecule has 21 heavy (non-hydrogen) atoms. The van der Waals surface area contributed by atoms with Gasteiger partial charge in [-0.15, -0.1) is 0 Å². The molecule has 1 aliphatic heterocycles. The van der Waals surface area contributed by atoms with Crippen LogP contribution < -0.4 is 5.32 Å². The SMILES string of the molecule is CCC1C(=O)NCCN1CCCC(=O)c1ccc(Br)cc1. The van der Waals surface area contributed by atoms with E-state index in [1.165, 1.54) is 0 Å². The predicted molar refractivity (Wildman–Crippen MR) is 86.4 cm³/mol. The first-order chi connectivity index (χ1) is 10.1. The third kappa shape index (κ3) is 4.38. The standard InChI is InChI=1S/C16H21BrN2O2/c1-2-14-16(21)18-9-11-19(14)10-3-4-15(20)12-5-7-13(17)8-6-12/h5-8,14H,2-4,9-11H2,1H3,(H,18,21). The summed E-state index contributed by atoms with van der Waals surface area (Å²) in [7, 11) is 0. The van der Waals surface area contributed by atoms with Crippen LogP contribution in [0.15, 0.2) is 28.7 Å². The van der Waals surface area contributed by atoms with Gasteiger partial charge in [0.2, 0.25) is 5.91 Å². The van der Waals surface area contributed by atoms with E-state index in [2.05, 4.69) is 26.1 Å². The second-order valence-electron chi connectivity index (χ2n) is 5.28. The lowest BCUT2D eigenvalue weighted by atomic mass is 10.1. The zero-order valence-electron chi connectivity index (χ0n) is 12.3. The monoisotopic (exact) mass is 352 g/mol. The largest absolute Gasteiger partial charge is 0.353 e. The van der Waals surface area contributed by atoms with E-state index in [1.807, 2.05) is 31.2 Å². The fourth-order valence-electron chi connectivity index (χ4n) is 2.70. The van der Waals surface area contributed by atoms with E-state index in [4.69, 9.17) is 0 Å². The molecule has 1 aliphatic rings. The first-order valence-corrected chi connectivity index (χ1v) is 8.21. The van der Waals surface area contributed by atoms with Crippen LogP contribution in [0.4, 0.5) is 0 Å². The summed E-state index contributed by atoms with van der Waals surface area (Å²) in [5.41, 5.74) is 0.752. The van der Waals surface area contributed by atoms with Crippen LogP contribution in [-0.4, -0.2) is 42.3 Å². The van der Waals surface area contributed by atoms with Crippen LogP contribution >= 0.6 is 15.9 Å². The lowest BCUT2D eigenvalue weighted by Crippen LogP contribution is -2.55. The molecule has 5 heteroatoms. The van der Waals surface area contributed by atoms with Crippen molar-refractivity contribution in [1.29, 1.82) is 0 Å². The van der Waals surface area contributed by atoms with Crippen LogP contribution in [0.3, 0.4) is 0 Å². The van der Waals surface area contributed by atoms with E-state index in [0.717, 1.165) is 36.0 Å². The van der Waals surface area contributed by atoms with Gasteiger partial charge < -0.3 is 5.32 Å². The molecule has 1 N–H and O–H groups in total. The van der Waals surface area contributed by atoms with Crippen molar-refractivity contribution in [3.05, 3.63) is 34.3 Å². The summed E-state index contributed by atoms with van der Waals surface area (Å²) >= 11 is 3.36. The second-order valence-corrected chi connectivity index (χ2v) is 6.20. The smallest absolute Gasteiger partial charge is 0.237 e. The maximum atomic E-state index is 12.1. The molecule has 1 aromatic rings. The molecule has 1 amide bonds. The minimum Gasteiger partial charge on any atom is -0.353 e. The van der Waals surface area contributed by atoms with Crippen molar-refractivity contribution >= 4 is 27.6 Å². The first-order valence-electron chi connectivity index (χ1n) is 7.42. The Hall–Kier alpha value is -1.20. The average Bonchev–Trinajstić information content (AvgIpc) is 2.48. The van der Waals surface area contributed by atoms with E-state index < -0.39 is 0 Å². The minimum atomic E-state index is -0.0402. The minimum absolute atomic E-state index is 0.0402. The van der Waals surface area contributed by atoms with E-state index in [-0.39, 0.29) is 17.7 Å². The topological polar surface area (TPSA) is 49.4 Å². The molecule has 1 heterocycles. The van der Waals surface area contributed by atoms with E-state index in [1.54, 1.807) is 0 Å². The van der Waals surface area contributed by atoms with Gasteiger partial charge in [0, 0.05) is 29.5 Å². The third-order valence-corrected chi connectivity index (χ3v) is 4.37. The molecule has 0 aliphatic carbocycles. The molecule has 1 fully saturated rings. The highest BCUT2D eigenvalue weighted by Gasteiger charge is 2.27. The number of carbonyl (C=O) groups excluding carboxylic acids is 2. The fraction of sp³-hybridized carbons (Fsp3) is 0.500. The summed E-state index contributed by atoms with van der Waals surface area (Å²) < 4.78 is 0.976. The van der Waals surface area contributed by atoms with Crippen molar-refractivity contribution in [3.8, 4) is 0 Å². The normalized spacial score (nSPS) is 19.3. The number of Topliss-reactive ketones (excluding diaryl/α,β-unsaturated/α-hetero) is 1. The Morgan fingerprint density at radius 1 is 1.38 bits per heavy atom. The van der Waals surface area contributed by atoms with Crippen molar-refractivity contribution in [2.75, 3.05) is 19.6 Å². The summed E-state index contributed by atoms with van der Waals surface area (Å²) in [4.78, 5) is 26.1. The first kappa shape index (κ1) is 16.2. The van der Waals surface area contributed by atoms with E-state index in [0.29, 0.717) is 13.0 Å². The lowest BCUT2D eigenvalue weighted by Gasteiger charge is -2.34. The quantitative estimate of drug-likeness (QED) is 0.800. The van der Waals surface area contributed by atoms with Gasteiger partial charge in [0.15, 0.2) is 5.78 Å². The molecule has 1 atom stereocenters. The maximum Gasteiger partial charge on any atom is 0.237 e. The molecule has 0 spiro atoms. The van der Waals surface area contributed by atoms with E-state index >= 15 is 0 Å². The highest BCUT2D eigenvalue weighted by atomic mass is 79.9. The van der Waals surface area contributed by atoms with Gasteiger partial charge in [0.25, 0.3) is 0 Å². The molecule has 1 saturated heterocycles. The lowest BCUT2D eigenvalue weighted by molar-refractivity contribution is -0.129. The number of piperazine rings is 1. The summed E-state index contributed by atoms with van der Waals surface area (Å²) in [5, 5.41) is 2.89. The molecule has 2 rings (SSSR count). The molecular weight excluding hydrogens is 332 g/mol. The Morgan fingerprint density at radius 3 is 2.76 bits per heavy atom. The third-order valence-electron chi connectivity index (χ3n) is 3.84. The zero-order valence-corrected chi connectivity index (χ0v) is 13.9. The van der Waals surface area contributed by atoms with Crippen molar-refractivity contribution in [2.45, 2.75) is 32.2 Å². The molecule has 114 valence electrons. The number of hydrogen-bond acceptors (Lipinski definition) is 3. The summed E-state index contributed by atoms with van der Waals surface area (Å²) in [6, 6.07) is 7.41. The van der Waals surface area contributed by atoms with Gasteiger partial charge in [-0.3, -0.25) is 14.5 Å². The number of nitrogens with zero attached hydrogens (tertiary/aromatic N) is 1. The van der Waals surface area contributed by atoms with Gasteiger partial charge in [-0.2, -0.15) is 0 Å². The van der Waals surface area contributed by atoms with Gasteiger partial charge in [0.05, 0.1) is 6.04 Å². The summed E-state index contributed by atoms with van der Waals surface area (Å²) in [6.07, 6.45) is 2.13. The molecule has 1 unspecified atom stereocenters. The predicted octanol–water partition coefficient (Wildman–Crippen LogP) is 2.62. The van der Waals surface area contributed by atoms with Crippen LogP contribution in [0, 0.1) is 0 Å². The van der Waals surface area contributed by atoms with Gasteiger partial charge in [-0.25, -0.2) is 0 Å². The fourth-order valence-corrected chi connectivity index (χ4v) is 2.96. The van der Waals surface area contributed by atoms with Gasteiger partial charge in [0.1, 0.15) is 0 Å². The zero-order chi connectivity index (χ0) is 15.2. The van der Waals surface area contributed by atoms with E-state index in [9.17, 15) is 9.59 Å². The molecule has 0 bridgehead atoms. The number of rotatable bonds is 6. The summed E-state index contributed by atoms with van der Waals surface area (Å²) in [5.74, 6) is 0.278. The number of ketones is 1. The number of nitrogens with one attached hydrogen (secondary N) is 1. The molecule has 1 aromatic carbocycles. The van der Waals surface area contributed by atoms with Gasteiger partial charge in [-0.1, -0.05) is 35.0 Å². The van der Waals surface area contributed by atoms with Crippen LogP contribution in [0.1, 0.15) is 36.5 Å². The van der Waals surface area contributed by atoms with Crippen molar-refractivity contribution in [2.24, 2.45) is 0 Å². The molecule has 0 aromatic heterocycles. The Morgan fingerprint density at radius 2 is 2.10 bits per heavy atom. The Bertz CT molecular complexity index is 502. The molecular formula is C16H21BrN2O2. The average molecular weight is 353 g/mol. The van der Waals surface area contributed by atoms with Crippen LogP contribution in [0.5, 0.6) is 0 Å². The van der Waals surface area contributed by atoms with Crippen molar-refractivity contribution in [1.82, 2.24) is 10.2 Å². The second kappa shape index (κ2) is 7.71. The van der Waals surface area contributed by atoms with Gasteiger partial charge in [-0.05, 0) is 31.5 Å². The number of hydrogen-bond donors (Lipinski definition) is 1. The van der Waals surface area contributed by atoms with Crippen LogP contribution in [-0.2, 0) is 4.79 Å². The van der Waals surface area contributed by atoms with Crippen LogP contribution in [0.2, 0.25) is 0 Å². The number of benzene rings is 1. The number of amides is 1. The van der Waals surface area contributed by atoms with Crippen LogP contribution in [0.25, 0.3) is 0 Å². The Kier molecular flexibility index (Phi) is 5.94. The Balaban J connectivity index is 1.82.